The van der Waals surface area contributed by atoms with Gasteiger partial charge in [0.25, 0.3) is 0 Å². The lowest BCUT2D eigenvalue weighted by Crippen LogP contribution is -2.49. The molecule has 0 aromatic carbocycles. The smallest absolute Gasteiger partial charge is 0.236 e. The number of rotatable bonds is 3. The fourth-order valence-corrected chi connectivity index (χ4v) is 2.48. The van der Waals surface area contributed by atoms with E-state index >= 15 is 0 Å². The summed E-state index contributed by atoms with van der Waals surface area (Å²) in [6.45, 7) is 3.05. The van der Waals surface area contributed by atoms with Gasteiger partial charge in [0.05, 0.1) is 0 Å². The van der Waals surface area contributed by atoms with Crippen molar-refractivity contribution in [2.24, 2.45) is 0 Å². The average Bonchev–Trinajstić information content (AvgIpc) is 2.70. The summed E-state index contributed by atoms with van der Waals surface area (Å²) in [6, 6.07) is 0.633. The van der Waals surface area contributed by atoms with Crippen LogP contribution >= 0.6 is 0 Å². The zero-order chi connectivity index (χ0) is 10.7. The van der Waals surface area contributed by atoms with Gasteiger partial charge in [-0.25, -0.2) is 5.01 Å². The highest BCUT2D eigenvalue weighted by Gasteiger charge is 2.24. The van der Waals surface area contributed by atoms with Crippen molar-refractivity contribution in [3.63, 3.8) is 0 Å². The van der Waals surface area contributed by atoms with E-state index in [1.54, 1.807) is 0 Å². The Morgan fingerprint density at radius 2 is 2.33 bits per heavy atom. The topological polar surface area (TPSA) is 35.6 Å². The fourth-order valence-electron chi connectivity index (χ4n) is 2.48. The van der Waals surface area contributed by atoms with E-state index in [0.717, 1.165) is 38.9 Å². The molecule has 2 saturated heterocycles. The zero-order valence-electron chi connectivity index (χ0n) is 9.54. The van der Waals surface area contributed by atoms with Crippen molar-refractivity contribution in [2.75, 3.05) is 26.7 Å². The molecule has 0 aliphatic carbocycles. The Hall–Kier alpha value is -0.610. The van der Waals surface area contributed by atoms with Gasteiger partial charge in [-0.15, -0.1) is 0 Å². The predicted octanol–water partition coefficient (Wildman–Crippen LogP) is 0.598. The molecule has 2 fully saturated rings. The second kappa shape index (κ2) is 4.94. The van der Waals surface area contributed by atoms with Crippen LogP contribution in [0.2, 0.25) is 0 Å². The van der Waals surface area contributed by atoms with Crippen molar-refractivity contribution >= 4 is 5.91 Å². The summed E-state index contributed by atoms with van der Waals surface area (Å²) in [5.41, 5.74) is 0. The number of hydrogen-bond donors (Lipinski definition) is 1. The first-order valence-electron chi connectivity index (χ1n) is 6.02. The highest BCUT2D eigenvalue weighted by Crippen LogP contribution is 2.14. The molecular weight excluding hydrogens is 190 g/mol. The van der Waals surface area contributed by atoms with Gasteiger partial charge in [0.1, 0.15) is 0 Å². The summed E-state index contributed by atoms with van der Waals surface area (Å²) < 4.78 is 0. The monoisotopic (exact) mass is 211 g/mol. The molecule has 2 rings (SSSR count). The van der Waals surface area contributed by atoms with Crippen LogP contribution in [-0.4, -0.2) is 48.6 Å². The van der Waals surface area contributed by atoms with Crippen molar-refractivity contribution in [3.8, 4) is 0 Å². The maximum absolute atomic E-state index is 11.7. The van der Waals surface area contributed by atoms with Gasteiger partial charge >= 0.3 is 0 Å². The zero-order valence-corrected chi connectivity index (χ0v) is 9.54. The SMILES string of the molecule is CN1CCCC(=O)N1CCC1CCCN1. The number of hydrazine groups is 1. The number of carbonyl (C=O) groups is 1. The Kier molecular flexibility index (Phi) is 3.59. The Morgan fingerprint density at radius 1 is 1.47 bits per heavy atom. The second-order valence-electron chi connectivity index (χ2n) is 4.58. The lowest BCUT2D eigenvalue weighted by molar-refractivity contribution is -0.152. The molecule has 1 amide bonds. The normalized spacial score (nSPS) is 28.7. The van der Waals surface area contributed by atoms with Crippen LogP contribution in [0.3, 0.4) is 0 Å². The first-order valence-corrected chi connectivity index (χ1v) is 6.02. The summed E-state index contributed by atoms with van der Waals surface area (Å²) in [4.78, 5) is 11.7. The lowest BCUT2D eigenvalue weighted by Gasteiger charge is -2.36. The van der Waals surface area contributed by atoms with Crippen LogP contribution in [0.5, 0.6) is 0 Å². The number of carbonyl (C=O) groups excluding carboxylic acids is 1. The Morgan fingerprint density at radius 3 is 3.00 bits per heavy atom. The second-order valence-corrected chi connectivity index (χ2v) is 4.58. The van der Waals surface area contributed by atoms with Gasteiger partial charge in [-0.05, 0) is 32.2 Å². The summed E-state index contributed by atoms with van der Waals surface area (Å²) >= 11 is 0. The molecule has 2 aliphatic heterocycles. The number of amides is 1. The number of nitrogens with zero attached hydrogens (tertiary/aromatic N) is 2. The summed E-state index contributed by atoms with van der Waals surface area (Å²) in [6.07, 6.45) is 5.38. The van der Waals surface area contributed by atoms with E-state index in [-0.39, 0.29) is 0 Å². The maximum atomic E-state index is 11.7. The maximum Gasteiger partial charge on any atom is 0.236 e. The molecule has 0 saturated carbocycles. The third-order valence-electron chi connectivity index (χ3n) is 3.42. The molecule has 4 heteroatoms. The van der Waals surface area contributed by atoms with E-state index in [2.05, 4.69) is 10.3 Å². The van der Waals surface area contributed by atoms with E-state index in [9.17, 15) is 4.79 Å². The highest BCUT2D eigenvalue weighted by atomic mass is 16.2. The van der Waals surface area contributed by atoms with E-state index in [0.29, 0.717) is 11.9 Å². The van der Waals surface area contributed by atoms with Gasteiger partial charge in [-0.3, -0.25) is 9.80 Å². The van der Waals surface area contributed by atoms with Crippen LogP contribution in [-0.2, 0) is 4.79 Å². The number of hydrogen-bond acceptors (Lipinski definition) is 3. The van der Waals surface area contributed by atoms with Crippen molar-refractivity contribution in [3.05, 3.63) is 0 Å². The highest BCUT2D eigenvalue weighted by molar-refractivity contribution is 5.76. The van der Waals surface area contributed by atoms with Crippen molar-refractivity contribution in [1.29, 1.82) is 0 Å². The molecular formula is C11H21N3O. The molecule has 1 atom stereocenters. The van der Waals surface area contributed by atoms with Crippen LogP contribution in [0.4, 0.5) is 0 Å². The van der Waals surface area contributed by atoms with Gasteiger partial charge in [0.2, 0.25) is 5.91 Å². The molecule has 0 aromatic heterocycles. The molecule has 1 unspecified atom stereocenters. The third-order valence-corrected chi connectivity index (χ3v) is 3.42. The minimum absolute atomic E-state index is 0.293. The summed E-state index contributed by atoms with van der Waals surface area (Å²) in [5, 5.41) is 7.46. The van der Waals surface area contributed by atoms with Crippen molar-refractivity contribution in [1.82, 2.24) is 15.3 Å². The molecule has 2 heterocycles. The molecule has 4 nitrogen and oxygen atoms in total. The van der Waals surface area contributed by atoms with Crippen molar-refractivity contribution < 1.29 is 4.79 Å². The predicted molar refractivity (Wildman–Crippen MR) is 59.2 cm³/mol. The molecule has 0 radical (unpaired) electrons. The van der Waals surface area contributed by atoms with Gasteiger partial charge in [0.15, 0.2) is 0 Å². The van der Waals surface area contributed by atoms with Gasteiger partial charge < -0.3 is 5.32 Å². The van der Waals surface area contributed by atoms with E-state index in [4.69, 9.17) is 0 Å². The van der Waals surface area contributed by atoms with E-state index in [1.807, 2.05) is 12.1 Å². The van der Waals surface area contributed by atoms with Crippen LogP contribution in [0.15, 0.2) is 0 Å². The summed E-state index contributed by atoms with van der Waals surface area (Å²) in [5.74, 6) is 0.293. The largest absolute Gasteiger partial charge is 0.314 e. The molecule has 86 valence electrons. The Labute approximate surface area is 91.6 Å². The molecule has 0 spiro atoms. The van der Waals surface area contributed by atoms with Crippen LogP contribution in [0.1, 0.15) is 32.1 Å². The Bertz CT molecular complexity index is 226. The van der Waals surface area contributed by atoms with Crippen molar-refractivity contribution in [2.45, 2.75) is 38.1 Å². The van der Waals surface area contributed by atoms with E-state index in [1.165, 1.54) is 12.8 Å². The minimum atomic E-state index is 0.293. The first kappa shape index (κ1) is 10.9. The molecule has 1 N–H and O–H groups in total. The van der Waals surface area contributed by atoms with Crippen LogP contribution in [0, 0.1) is 0 Å². The average molecular weight is 211 g/mol. The lowest BCUT2D eigenvalue weighted by atomic mass is 10.1. The van der Waals surface area contributed by atoms with Gasteiger partial charge in [-0.1, -0.05) is 0 Å². The fraction of sp³-hybridized carbons (Fsp3) is 0.909. The first-order chi connectivity index (χ1) is 7.27. The molecule has 0 aromatic rings. The van der Waals surface area contributed by atoms with Crippen LogP contribution in [0.25, 0.3) is 0 Å². The standard InChI is InChI=1S/C11H21N3O/c1-13-8-3-5-11(15)14(13)9-6-10-4-2-7-12-10/h10,12H,2-9H2,1H3. The minimum Gasteiger partial charge on any atom is -0.314 e. The molecule has 0 bridgehead atoms. The summed E-state index contributed by atoms with van der Waals surface area (Å²) in [7, 11) is 2.01. The third kappa shape index (κ3) is 2.69. The molecule has 15 heavy (non-hydrogen) atoms. The quantitative estimate of drug-likeness (QED) is 0.742. The van der Waals surface area contributed by atoms with Gasteiger partial charge in [0, 0.05) is 32.6 Å². The number of nitrogens with one attached hydrogen (secondary N) is 1. The Balaban J connectivity index is 1.78. The van der Waals surface area contributed by atoms with Gasteiger partial charge in [-0.2, -0.15) is 0 Å². The molecule has 2 aliphatic rings. The van der Waals surface area contributed by atoms with E-state index < -0.39 is 0 Å². The van der Waals surface area contributed by atoms with Crippen LogP contribution < -0.4 is 5.32 Å².